The lowest BCUT2D eigenvalue weighted by molar-refractivity contribution is -0.147. The van der Waals surface area contributed by atoms with Crippen LogP contribution in [0.15, 0.2) is 18.3 Å². The molecule has 0 saturated heterocycles. The van der Waals surface area contributed by atoms with Crippen LogP contribution in [0.1, 0.15) is 11.6 Å². The molecular weight excluding hydrogens is 191 g/mol. The second kappa shape index (κ2) is 4.12. The maximum Gasteiger partial charge on any atom is 0.334 e. The lowest BCUT2D eigenvalue weighted by Gasteiger charge is -2.14. The molecule has 76 valence electrons. The van der Waals surface area contributed by atoms with E-state index in [0.29, 0.717) is 0 Å². The predicted octanol–water partition coefficient (Wildman–Crippen LogP) is -0.334. The number of nitrogens with two attached hydrogens (primary N) is 1. The summed E-state index contributed by atoms with van der Waals surface area (Å²) in [6, 6.07) is 1.17. The number of carboxylic acid groups (broad SMARTS) is 1. The molecule has 0 fully saturated rings. The molecule has 0 aliphatic carbocycles. The van der Waals surface area contributed by atoms with Gasteiger partial charge in [0.25, 0.3) is 0 Å². The third-order valence-corrected chi connectivity index (χ3v) is 1.73. The molecule has 0 radical (unpaired) electrons. The number of halogens is 1. The molecule has 1 aromatic rings. The van der Waals surface area contributed by atoms with Crippen molar-refractivity contribution in [3.8, 4) is 0 Å². The van der Waals surface area contributed by atoms with Gasteiger partial charge in [0.2, 0.25) is 5.95 Å². The Morgan fingerprint density at radius 2 is 2.29 bits per heavy atom. The van der Waals surface area contributed by atoms with Gasteiger partial charge in [-0.1, -0.05) is 0 Å². The van der Waals surface area contributed by atoms with Crippen molar-refractivity contribution in [1.29, 1.82) is 0 Å². The Balaban J connectivity index is 2.89. The van der Waals surface area contributed by atoms with E-state index in [2.05, 4.69) is 4.98 Å². The number of aliphatic hydroxyl groups excluding tert-OH is 1. The molecule has 0 aliphatic heterocycles. The van der Waals surface area contributed by atoms with Crippen LogP contribution in [0.25, 0.3) is 0 Å². The Kier molecular flexibility index (Phi) is 3.10. The number of aliphatic hydroxyl groups is 1. The van der Waals surface area contributed by atoms with Gasteiger partial charge in [-0.2, -0.15) is 4.39 Å². The number of carboxylic acids is 1. The van der Waals surface area contributed by atoms with Crippen LogP contribution in [0.4, 0.5) is 4.39 Å². The number of pyridine rings is 1. The lowest BCUT2D eigenvalue weighted by atomic mass is 10.0. The first-order valence-electron chi connectivity index (χ1n) is 3.80. The molecule has 1 aromatic heterocycles. The standard InChI is InChI=1S/C8H9FN2O3/c9-5-3-4(1-2-11-5)6(10)7(12)8(13)14/h1-3,6-7,12H,10H2,(H,13,14)/t6-,7+/m0/s1. The zero-order valence-electron chi connectivity index (χ0n) is 7.09. The maximum atomic E-state index is 12.6. The summed E-state index contributed by atoms with van der Waals surface area (Å²) in [5.74, 6) is -2.22. The fraction of sp³-hybridized carbons (Fsp3) is 0.250. The van der Waals surface area contributed by atoms with Gasteiger partial charge in [-0.15, -0.1) is 0 Å². The van der Waals surface area contributed by atoms with Crippen LogP contribution in [0.5, 0.6) is 0 Å². The van der Waals surface area contributed by atoms with Crippen LogP contribution >= 0.6 is 0 Å². The summed E-state index contributed by atoms with van der Waals surface area (Å²) >= 11 is 0. The van der Waals surface area contributed by atoms with Crippen LogP contribution in [0.3, 0.4) is 0 Å². The minimum Gasteiger partial charge on any atom is -0.479 e. The number of carbonyl (C=O) groups is 1. The first-order valence-corrected chi connectivity index (χ1v) is 3.80. The van der Waals surface area contributed by atoms with E-state index < -0.39 is 24.1 Å². The highest BCUT2D eigenvalue weighted by Gasteiger charge is 2.23. The Labute approximate surface area is 79.0 Å². The molecule has 1 heterocycles. The fourth-order valence-electron chi connectivity index (χ4n) is 0.961. The summed E-state index contributed by atoms with van der Waals surface area (Å²) in [7, 11) is 0. The van der Waals surface area contributed by atoms with Crippen molar-refractivity contribution >= 4 is 5.97 Å². The zero-order valence-corrected chi connectivity index (χ0v) is 7.09. The second-order valence-electron chi connectivity index (χ2n) is 2.72. The largest absolute Gasteiger partial charge is 0.479 e. The summed E-state index contributed by atoms with van der Waals surface area (Å²) in [5, 5.41) is 17.5. The minimum absolute atomic E-state index is 0.187. The molecule has 14 heavy (non-hydrogen) atoms. The molecule has 0 unspecified atom stereocenters. The van der Waals surface area contributed by atoms with Crippen molar-refractivity contribution in [2.45, 2.75) is 12.1 Å². The smallest absolute Gasteiger partial charge is 0.334 e. The van der Waals surface area contributed by atoms with Gasteiger partial charge in [0.1, 0.15) is 0 Å². The average Bonchev–Trinajstić information content (AvgIpc) is 2.15. The molecule has 2 atom stereocenters. The van der Waals surface area contributed by atoms with Gasteiger partial charge in [0.05, 0.1) is 6.04 Å². The van der Waals surface area contributed by atoms with Crippen molar-refractivity contribution in [2.75, 3.05) is 0 Å². The fourth-order valence-corrected chi connectivity index (χ4v) is 0.961. The summed E-state index contributed by atoms with van der Waals surface area (Å²) in [4.78, 5) is 13.6. The third kappa shape index (κ3) is 2.24. The lowest BCUT2D eigenvalue weighted by Crippen LogP contribution is -2.33. The molecule has 0 aliphatic rings. The van der Waals surface area contributed by atoms with Crippen molar-refractivity contribution in [2.24, 2.45) is 5.73 Å². The molecule has 4 N–H and O–H groups in total. The first kappa shape index (κ1) is 10.6. The molecule has 5 nitrogen and oxygen atoms in total. The predicted molar refractivity (Wildman–Crippen MR) is 44.8 cm³/mol. The normalized spacial score (nSPS) is 14.8. The Hall–Kier alpha value is -1.53. The average molecular weight is 200 g/mol. The van der Waals surface area contributed by atoms with Crippen LogP contribution in [0, 0.1) is 5.95 Å². The molecule has 1 rings (SSSR count). The quantitative estimate of drug-likeness (QED) is 0.580. The molecule has 0 amide bonds. The monoisotopic (exact) mass is 200 g/mol. The van der Waals surface area contributed by atoms with Crippen molar-refractivity contribution in [1.82, 2.24) is 4.98 Å². The van der Waals surface area contributed by atoms with Crippen molar-refractivity contribution < 1.29 is 19.4 Å². The van der Waals surface area contributed by atoms with Gasteiger partial charge in [-0.05, 0) is 17.7 Å². The van der Waals surface area contributed by atoms with E-state index in [9.17, 15) is 9.18 Å². The van der Waals surface area contributed by atoms with Gasteiger partial charge in [-0.25, -0.2) is 9.78 Å². The Bertz CT molecular complexity index is 345. The second-order valence-corrected chi connectivity index (χ2v) is 2.72. The van der Waals surface area contributed by atoms with E-state index in [4.69, 9.17) is 15.9 Å². The van der Waals surface area contributed by atoms with Crippen LogP contribution < -0.4 is 5.73 Å². The molecule has 0 bridgehead atoms. The molecule has 0 aromatic carbocycles. The number of hydrogen-bond donors (Lipinski definition) is 3. The minimum atomic E-state index is -1.75. The van der Waals surface area contributed by atoms with E-state index in [1.807, 2.05) is 0 Å². The summed E-state index contributed by atoms with van der Waals surface area (Å²) in [6.07, 6.45) is -0.601. The SMILES string of the molecule is N[C@@H](c1ccnc(F)c1)[C@@H](O)C(=O)O. The number of rotatable bonds is 3. The van der Waals surface area contributed by atoms with Gasteiger partial charge < -0.3 is 15.9 Å². The zero-order chi connectivity index (χ0) is 10.7. The van der Waals surface area contributed by atoms with Gasteiger partial charge >= 0.3 is 5.97 Å². The molecule has 0 spiro atoms. The Morgan fingerprint density at radius 3 is 2.79 bits per heavy atom. The van der Waals surface area contributed by atoms with Crippen LogP contribution in [-0.2, 0) is 4.79 Å². The van der Waals surface area contributed by atoms with Gasteiger partial charge in [0, 0.05) is 6.20 Å². The number of hydrogen-bond acceptors (Lipinski definition) is 4. The number of aliphatic carboxylic acids is 1. The highest BCUT2D eigenvalue weighted by atomic mass is 19.1. The number of nitrogens with zero attached hydrogens (tertiary/aromatic N) is 1. The molecule has 6 heteroatoms. The highest BCUT2D eigenvalue weighted by molar-refractivity contribution is 5.73. The van der Waals surface area contributed by atoms with Crippen LogP contribution in [0.2, 0.25) is 0 Å². The summed E-state index contributed by atoms with van der Waals surface area (Å²) < 4.78 is 12.6. The van der Waals surface area contributed by atoms with Gasteiger partial charge in [0.15, 0.2) is 6.10 Å². The van der Waals surface area contributed by atoms with Crippen molar-refractivity contribution in [3.05, 3.63) is 29.8 Å². The van der Waals surface area contributed by atoms with Crippen molar-refractivity contribution in [3.63, 3.8) is 0 Å². The first-order chi connectivity index (χ1) is 6.52. The number of aromatic nitrogens is 1. The van der Waals surface area contributed by atoms with Gasteiger partial charge in [-0.3, -0.25) is 0 Å². The van der Waals surface area contributed by atoms with E-state index in [0.717, 1.165) is 12.3 Å². The molecular formula is C8H9FN2O3. The van der Waals surface area contributed by atoms with Crippen LogP contribution in [-0.4, -0.2) is 27.3 Å². The van der Waals surface area contributed by atoms with E-state index in [-0.39, 0.29) is 5.56 Å². The Morgan fingerprint density at radius 1 is 1.64 bits per heavy atom. The maximum absolute atomic E-state index is 12.6. The van der Waals surface area contributed by atoms with E-state index in [1.165, 1.54) is 6.07 Å². The van der Waals surface area contributed by atoms with E-state index in [1.54, 1.807) is 0 Å². The molecule has 0 saturated carbocycles. The third-order valence-electron chi connectivity index (χ3n) is 1.73. The summed E-state index contributed by atoms with van der Waals surface area (Å²) in [6.45, 7) is 0. The summed E-state index contributed by atoms with van der Waals surface area (Å²) in [5.41, 5.74) is 5.57. The topological polar surface area (TPSA) is 96.4 Å². The highest BCUT2D eigenvalue weighted by Crippen LogP contribution is 2.14. The van der Waals surface area contributed by atoms with E-state index >= 15 is 0 Å².